The van der Waals surface area contributed by atoms with Crippen LogP contribution in [0.2, 0.25) is 0 Å². The number of sulfone groups is 1. The number of para-hydroxylation sites is 1. The lowest BCUT2D eigenvalue weighted by Crippen LogP contribution is -2.24. The lowest BCUT2D eigenvalue weighted by atomic mass is 10.2. The van der Waals surface area contributed by atoms with Gasteiger partial charge < -0.3 is 9.84 Å². The van der Waals surface area contributed by atoms with Gasteiger partial charge in [0.2, 0.25) is 5.88 Å². The third-order valence-electron chi connectivity index (χ3n) is 4.83. The van der Waals surface area contributed by atoms with Gasteiger partial charge in [0.25, 0.3) is 9.84 Å². The van der Waals surface area contributed by atoms with Crippen molar-refractivity contribution in [2.24, 2.45) is 0 Å². The Morgan fingerprint density at radius 2 is 1.68 bits per heavy atom. The minimum Gasteiger partial charge on any atom is -0.493 e. The van der Waals surface area contributed by atoms with E-state index in [0.717, 1.165) is 35.0 Å². The van der Waals surface area contributed by atoms with Crippen LogP contribution in [0.4, 0.5) is 13.2 Å². The van der Waals surface area contributed by atoms with Crippen molar-refractivity contribution in [2.75, 3.05) is 0 Å². The number of nitrogens with zero attached hydrogens (tertiary/aromatic N) is 3. The fraction of sp³-hybridized carbons (Fsp3) is 0.0909. The lowest BCUT2D eigenvalue weighted by molar-refractivity contribution is -0.0436. The van der Waals surface area contributed by atoms with E-state index in [2.05, 4.69) is 4.98 Å². The highest BCUT2D eigenvalue weighted by molar-refractivity contribution is 7.92. The second-order valence-corrected chi connectivity index (χ2v) is 9.02. The molecule has 0 amide bonds. The van der Waals surface area contributed by atoms with Crippen molar-refractivity contribution in [3.05, 3.63) is 95.3 Å². The van der Waals surface area contributed by atoms with Gasteiger partial charge in [0.1, 0.15) is 5.75 Å². The van der Waals surface area contributed by atoms with Crippen LogP contribution in [-0.2, 0) is 16.4 Å². The van der Waals surface area contributed by atoms with Crippen LogP contribution in [0.5, 0.6) is 17.4 Å². The summed E-state index contributed by atoms with van der Waals surface area (Å²) in [6.45, 7) is -0.00931. The molecule has 0 bridgehead atoms. The van der Waals surface area contributed by atoms with Crippen molar-refractivity contribution in [3.63, 3.8) is 0 Å². The number of hydrogen-bond acceptors (Lipinski definition) is 6. The molecule has 8 nitrogen and oxygen atoms in total. The molecule has 0 unspecified atom stereocenters. The van der Waals surface area contributed by atoms with Gasteiger partial charge in [-0.15, -0.1) is 0 Å². The molecule has 34 heavy (non-hydrogen) atoms. The van der Waals surface area contributed by atoms with Crippen molar-refractivity contribution in [1.29, 1.82) is 0 Å². The van der Waals surface area contributed by atoms with Gasteiger partial charge in [-0.05, 0) is 42.5 Å². The van der Waals surface area contributed by atoms with E-state index < -0.39 is 31.8 Å². The third-order valence-corrected chi connectivity index (χ3v) is 6.33. The van der Waals surface area contributed by atoms with Crippen LogP contribution >= 0.6 is 0 Å². The van der Waals surface area contributed by atoms with E-state index in [1.54, 1.807) is 30.3 Å². The first-order chi connectivity index (χ1) is 16.1. The Kier molecular flexibility index (Phi) is 5.92. The average Bonchev–Trinajstić information content (AvgIpc) is 3.08. The Balaban J connectivity index is 1.64. The molecule has 2 aromatic carbocycles. The van der Waals surface area contributed by atoms with Crippen LogP contribution in [0, 0.1) is 0 Å². The molecule has 4 rings (SSSR count). The quantitative estimate of drug-likeness (QED) is 0.439. The first kappa shape index (κ1) is 23.1. The van der Waals surface area contributed by atoms with Crippen molar-refractivity contribution >= 4 is 9.84 Å². The van der Waals surface area contributed by atoms with Gasteiger partial charge >= 0.3 is 11.2 Å². The smallest absolute Gasteiger partial charge is 0.493 e. The standard InChI is InChI=1S/C22H16F3N3O5S/c23-22(24,25)34(31,32)18-8-6-16(7-9-18)28-20(29)14-27(21(28)30)13-15-10-11-26-12-19(15)33-17-4-2-1-3-5-17/h1-12,14,29H,13H2. The fourth-order valence-electron chi connectivity index (χ4n) is 3.17. The van der Waals surface area contributed by atoms with Crippen molar-refractivity contribution < 1.29 is 31.4 Å². The predicted octanol–water partition coefficient (Wildman–Crippen LogP) is 3.87. The third kappa shape index (κ3) is 4.39. The summed E-state index contributed by atoms with van der Waals surface area (Å²) in [5.41, 5.74) is -5.60. The number of rotatable bonds is 6. The van der Waals surface area contributed by atoms with Gasteiger partial charge in [0.15, 0.2) is 5.75 Å². The number of aromatic hydroxyl groups is 1. The Labute approximate surface area is 191 Å². The summed E-state index contributed by atoms with van der Waals surface area (Å²) in [6, 6.07) is 14.0. The summed E-state index contributed by atoms with van der Waals surface area (Å²) in [5.74, 6) is 0.448. The van der Waals surface area contributed by atoms with E-state index in [1.807, 2.05) is 6.07 Å². The molecule has 176 valence electrons. The van der Waals surface area contributed by atoms with Gasteiger partial charge in [-0.3, -0.25) is 9.55 Å². The summed E-state index contributed by atoms with van der Waals surface area (Å²) in [7, 11) is -5.54. The van der Waals surface area contributed by atoms with Gasteiger partial charge in [0, 0.05) is 11.8 Å². The van der Waals surface area contributed by atoms with E-state index in [1.165, 1.54) is 17.0 Å². The summed E-state index contributed by atoms with van der Waals surface area (Å²) >= 11 is 0. The SMILES string of the molecule is O=c1n(Cc2ccncc2Oc2ccccc2)cc(O)n1-c1ccc(S(=O)(=O)C(F)(F)F)cc1. The lowest BCUT2D eigenvalue weighted by Gasteiger charge is -2.11. The van der Waals surface area contributed by atoms with Gasteiger partial charge in [-0.2, -0.15) is 13.2 Å². The van der Waals surface area contributed by atoms with E-state index in [9.17, 15) is 31.5 Å². The second-order valence-electron chi connectivity index (χ2n) is 7.07. The van der Waals surface area contributed by atoms with Crippen LogP contribution in [0.1, 0.15) is 5.56 Å². The van der Waals surface area contributed by atoms with Crippen LogP contribution in [0.3, 0.4) is 0 Å². The van der Waals surface area contributed by atoms with E-state index in [-0.39, 0.29) is 12.2 Å². The van der Waals surface area contributed by atoms with Gasteiger partial charge in [0.05, 0.1) is 29.5 Å². The molecule has 1 N–H and O–H groups in total. The molecule has 0 aliphatic heterocycles. The molecule has 12 heteroatoms. The number of alkyl halides is 3. The molecule has 4 aromatic rings. The van der Waals surface area contributed by atoms with Gasteiger partial charge in [-0.25, -0.2) is 17.8 Å². The van der Waals surface area contributed by atoms with Crippen LogP contribution in [0.25, 0.3) is 5.69 Å². The number of hydrogen-bond donors (Lipinski definition) is 1. The number of pyridine rings is 1. The zero-order valence-corrected chi connectivity index (χ0v) is 18.0. The summed E-state index contributed by atoms with van der Waals surface area (Å²) in [6.07, 6.45) is 4.13. The van der Waals surface area contributed by atoms with E-state index in [4.69, 9.17) is 4.74 Å². The monoisotopic (exact) mass is 491 g/mol. The zero-order valence-electron chi connectivity index (χ0n) is 17.2. The summed E-state index contributed by atoms with van der Waals surface area (Å²) in [5, 5.41) is 10.3. The molecule has 2 aromatic heterocycles. The first-order valence-electron chi connectivity index (χ1n) is 9.66. The molecule has 2 heterocycles. The molecule has 0 aliphatic rings. The van der Waals surface area contributed by atoms with Crippen molar-refractivity contribution in [3.8, 4) is 23.1 Å². The average molecular weight is 491 g/mol. The number of aromatic nitrogens is 3. The zero-order chi connectivity index (χ0) is 24.5. The maximum atomic E-state index is 12.9. The molecule has 0 radical (unpaired) electrons. The molecule has 0 aliphatic carbocycles. The van der Waals surface area contributed by atoms with Gasteiger partial charge in [-0.1, -0.05) is 18.2 Å². The minimum absolute atomic E-state index is 0.00931. The van der Waals surface area contributed by atoms with E-state index >= 15 is 0 Å². The first-order valence-corrected chi connectivity index (χ1v) is 11.1. The van der Waals surface area contributed by atoms with Crippen LogP contribution < -0.4 is 10.4 Å². The summed E-state index contributed by atoms with van der Waals surface area (Å²) in [4.78, 5) is 16.0. The Hall–Kier alpha value is -4.06. The highest BCUT2D eigenvalue weighted by Gasteiger charge is 2.46. The predicted molar refractivity (Wildman–Crippen MR) is 115 cm³/mol. The Morgan fingerprint density at radius 3 is 2.32 bits per heavy atom. The fourth-order valence-corrected chi connectivity index (χ4v) is 3.93. The van der Waals surface area contributed by atoms with Crippen LogP contribution in [0.15, 0.2) is 88.9 Å². The number of benzene rings is 2. The second kappa shape index (κ2) is 8.71. The molecule has 0 fully saturated rings. The molecule has 0 atom stereocenters. The highest BCUT2D eigenvalue weighted by atomic mass is 32.2. The maximum absolute atomic E-state index is 12.9. The molecular formula is C22H16F3N3O5S. The number of imidazole rings is 1. The molecule has 0 saturated carbocycles. The minimum atomic E-state index is -5.54. The summed E-state index contributed by atoms with van der Waals surface area (Å²) < 4.78 is 69.2. The Morgan fingerprint density at radius 1 is 1.00 bits per heavy atom. The largest absolute Gasteiger partial charge is 0.501 e. The highest BCUT2D eigenvalue weighted by Crippen LogP contribution is 2.31. The Bertz CT molecular complexity index is 1480. The maximum Gasteiger partial charge on any atom is 0.501 e. The van der Waals surface area contributed by atoms with Crippen LogP contribution in [-0.4, -0.2) is 33.2 Å². The molecule has 0 saturated heterocycles. The molecular weight excluding hydrogens is 475 g/mol. The van der Waals surface area contributed by atoms with Crippen molar-refractivity contribution in [1.82, 2.24) is 14.1 Å². The number of ether oxygens (including phenoxy) is 1. The normalized spacial score (nSPS) is 12.0. The van der Waals surface area contributed by atoms with E-state index in [0.29, 0.717) is 17.1 Å². The molecule has 0 spiro atoms. The number of halogens is 3. The van der Waals surface area contributed by atoms with Crippen molar-refractivity contribution in [2.45, 2.75) is 16.9 Å². The topological polar surface area (TPSA) is 103 Å².